The number of aromatic nitrogens is 2. The Balaban J connectivity index is 1.81. The molecule has 1 unspecified atom stereocenters. The van der Waals surface area contributed by atoms with E-state index in [9.17, 15) is 29.3 Å². The van der Waals surface area contributed by atoms with Crippen molar-refractivity contribution in [3.63, 3.8) is 0 Å². The first-order chi connectivity index (χ1) is 18.2. The van der Waals surface area contributed by atoms with Gasteiger partial charge in [-0.05, 0) is 31.4 Å². The standard InChI is InChI=1S/C25H33N4O9P/c1-16(21(32)35-15-24(2,3)4)28-39(34,38-17-9-7-6-8-10-17)36-13-18-20(31)25(5,14-26)22(37-18)29-12-11-19(30)27-23(29)33/h6-12,16,18,20,22,31H,13,15H2,1-5H3,(H,28,34)(H,27,30,33)/t16-,18+,20+,22+,25+,39?/m0/s1. The third-order valence-corrected chi connectivity index (χ3v) is 7.50. The Bertz CT molecular complexity index is 1360. The van der Waals surface area contributed by atoms with E-state index in [1.165, 1.54) is 26.0 Å². The molecule has 0 saturated carbocycles. The van der Waals surface area contributed by atoms with Crippen LogP contribution in [0.25, 0.3) is 0 Å². The van der Waals surface area contributed by atoms with Crippen molar-refractivity contribution >= 4 is 13.7 Å². The van der Waals surface area contributed by atoms with E-state index in [4.69, 9.17) is 18.5 Å². The van der Waals surface area contributed by atoms with Gasteiger partial charge in [-0.3, -0.25) is 23.7 Å². The molecule has 3 N–H and O–H groups in total. The summed E-state index contributed by atoms with van der Waals surface area (Å²) in [6.07, 6.45) is -2.89. The summed E-state index contributed by atoms with van der Waals surface area (Å²) >= 11 is 0. The van der Waals surface area contributed by atoms with Crippen LogP contribution in [0.4, 0.5) is 0 Å². The van der Waals surface area contributed by atoms with Crippen LogP contribution in [-0.4, -0.2) is 52.1 Å². The number of nitrogens with zero attached hydrogens (tertiary/aromatic N) is 2. The zero-order valence-electron chi connectivity index (χ0n) is 22.3. The lowest BCUT2D eigenvalue weighted by Crippen LogP contribution is -2.41. The van der Waals surface area contributed by atoms with Gasteiger partial charge in [0, 0.05) is 12.3 Å². The number of ether oxygens (including phenoxy) is 2. The van der Waals surface area contributed by atoms with Crippen molar-refractivity contribution in [2.24, 2.45) is 10.8 Å². The predicted octanol–water partition coefficient (Wildman–Crippen LogP) is 2.10. The summed E-state index contributed by atoms with van der Waals surface area (Å²) in [7, 11) is -4.29. The van der Waals surface area contributed by atoms with E-state index in [1.807, 2.05) is 26.8 Å². The highest BCUT2D eigenvalue weighted by Gasteiger charge is 2.55. The minimum atomic E-state index is -4.29. The average Bonchev–Trinajstić information content (AvgIpc) is 3.11. The number of rotatable bonds is 10. The number of carbonyl (C=O) groups excluding carboxylic acids is 1. The molecule has 0 aliphatic carbocycles. The number of aliphatic hydroxyl groups is 1. The van der Waals surface area contributed by atoms with Crippen LogP contribution in [0.5, 0.6) is 5.75 Å². The molecule has 0 bridgehead atoms. The average molecular weight is 565 g/mol. The van der Waals surface area contributed by atoms with Gasteiger partial charge in [0.25, 0.3) is 5.56 Å². The zero-order valence-corrected chi connectivity index (χ0v) is 23.2. The maximum Gasteiger partial charge on any atom is 0.459 e. The Hall–Kier alpha value is -3.27. The molecule has 14 heteroatoms. The lowest BCUT2D eigenvalue weighted by atomic mass is 9.84. The molecule has 13 nitrogen and oxygen atoms in total. The fraction of sp³-hybridized carbons (Fsp3) is 0.520. The van der Waals surface area contributed by atoms with Gasteiger partial charge in [-0.15, -0.1) is 0 Å². The number of hydrogen-bond acceptors (Lipinski definition) is 10. The first kappa shape index (κ1) is 30.3. The van der Waals surface area contributed by atoms with Gasteiger partial charge in [0.05, 0.1) is 19.3 Å². The summed E-state index contributed by atoms with van der Waals surface area (Å²) in [4.78, 5) is 38.4. The Labute approximate surface area is 225 Å². The van der Waals surface area contributed by atoms with Crippen molar-refractivity contribution in [1.29, 1.82) is 5.26 Å². The van der Waals surface area contributed by atoms with Gasteiger partial charge >= 0.3 is 19.4 Å². The molecule has 0 radical (unpaired) electrons. The highest BCUT2D eigenvalue weighted by Crippen LogP contribution is 2.48. The van der Waals surface area contributed by atoms with Crippen LogP contribution in [0.15, 0.2) is 52.2 Å². The summed E-state index contributed by atoms with van der Waals surface area (Å²) in [5, 5.41) is 23.3. The second-order valence-electron chi connectivity index (χ2n) is 10.6. The molecular weight excluding hydrogens is 531 g/mol. The fourth-order valence-electron chi connectivity index (χ4n) is 3.72. The number of aromatic amines is 1. The summed E-state index contributed by atoms with van der Waals surface area (Å²) < 4.78 is 37.1. The third kappa shape index (κ3) is 7.44. The van der Waals surface area contributed by atoms with E-state index >= 15 is 0 Å². The van der Waals surface area contributed by atoms with Crippen LogP contribution in [0.2, 0.25) is 0 Å². The van der Waals surface area contributed by atoms with E-state index in [1.54, 1.807) is 18.2 Å². The number of aliphatic hydroxyl groups excluding tert-OH is 1. The normalized spacial score (nSPS) is 25.3. The van der Waals surface area contributed by atoms with Gasteiger partial charge in [-0.2, -0.15) is 10.3 Å². The Kier molecular flexibility index (Phi) is 9.20. The van der Waals surface area contributed by atoms with E-state index in [-0.39, 0.29) is 17.8 Å². The maximum atomic E-state index is 13.8. The summed E-state index contributed by atoms with van der Waals surface area (Å²) in [6, 6.07) is 10.0. The third-order valence-electron chi connectivity index (χ3n) is 5.86. The second kappa shape index (κ2) is 11.9. The molecule has 0 spiro atoms. The van der Waals surface area contributed by atoms with Crippen LogP contribution in [-0.2, 0) is 23.4 Å². The van der Waals surface area contributed by atoms with Crippen LogP contribution in [0.3, 0.4) is 0 Å². The number of hydrogen-bond donors (Lipinski definition) is 3. The predicted molar refractivity (Wildman–Crippen MR) is 139 cm³/mol. The van der Waals surface area contributed by atoms with Crippen molar-refractivity contribution in [3.8, 4) is 11.8 Å². The quantitative estimate of drug-likeness (QED) is 0.284. The molecule has 0 amide bonds. The molecule has 1 aliphatic heterocycles. The Morgan fingerprint density at radius 3 is 2.56 bits per heavy atom. The van der Waals surface area contributed by atoms with Gasteiger partial charge < -0.3 is 19.1 Å². The number of esters is 1. The SMILES string of the molecule is C[C@H](NP(=O)(OC[C@H]1O[C@@H](n2ccc(=O)[nH]c2=O)[C@](C)(C#N)[C@@H]1O)Oc1ccccc1)C(=O)OCC(C)(C)C. The van der Waals surface area contributed by atoms with Gasteiger partial charge in [-0.25, -0.2) is 9.36 Å². The molecule has 1 aromatic carbocycles. The first-order valence-corrected chi connectivity index (χ1v) is 13.7. The summed E-state index contributed by atoms with van der Waals surface area (Å²) in [5.74, 6) is -0.506. The minimum absolute atomic E-state index is 0.128. The van der Waals surface area contributed by atoms with Gasteiger partial charge in [0.1, 0.15) is 29.4 Å². The molecule has 2 heterocycles. The number of nitrogens with one attached hydrogen (secondary N) is 2. The van der Waals surface area contributed by atoms with E-state index in [0.29, 0.717) is 0 Å². The summed E-state index contributed by atoms with van der Waals surface area (Å²) in [6.45, 7) is 8.06. The number of H-pyrrole nitrogens is 1. The number of para-hydroxylation sites is 1. The smallest absolute Gasteiger partial charge is 0.459 e. The largest absolute Gasteiger partial charge is 0.464 e. The van der Waals surface area contributed by atoms with Crippen molar-refractivity contribution in [1.82, 2.24) is 14.6 Å². The lowest BCUT2D eigenvalue weighted by molar-refractivity contribution is -0.148. The van der Waals surface area contributed by atoms with Crippen molar-refractivity contribution < 1.29 is 33.0 Å². The van der Waals surface area contributed by atoms with Crippen LogP contribution in [0.1, 0.15) is 40.8 Å². The monoisotopic (exact) mass is 564 g/mol. The lowest BCUT2D eigenvalue weighted by Gasteiger charge is -2.26. The fourth-order valence-corrected chi connectivity index (χ4v) is 5.22. The van der Waals surface area contributed by atoms with Crippen molar-refractivity contribution in [3.05, 3.63) is 63.4 Å². The Morgan fingerprint density at radius 2 is 1.97 bits per heavy atom. The summed E-state index contributed by atoms with van der Waals surface area (Å²) in [5.41, 5.74) is -3.42. The van der Waals surface area contributed by atoms with Gasteiger partial charge in [0.2, 0.25) is 0 Å². The number of nitriles is 1. The Morgan fingerprint density at radius 1 is 1.31 bits per heavy atom. The molecule has 6 atom stereocenters. The molecule has 3 rings (SSSR count). The van der Waals surface area contributed by atoms with Gasteiger partial charge in [-0.1, -0.05) is 39.0 Å². The van der Waals surface area contributed by atoms with Gasteiger partial charge in [0.15, 0.2) is 6.23 Å². The van der Waals surface area contributed by atoms with Crippen LogP contribution in [0, 0.1) is 22.2 Å². The molecule has 2 aromatic rings. The van der Waals surface area contributed by atoms with E-state index < -0.39 is 61.5 Å². The first-order valence-electron chi connectivity index (χ1n) is 12.2. The molecule has 212 valence electrons. The zero-order chi connectivity index (χ0) is 29.0. The molecule has 39 heavy (non-hydrogen) atoms. The molecule has 1 saturated heterocycles. The van der Waals surface area contributed by atoms with Crippen LogP contribution >= 0.6 is 7.75 Å². The van der Waals surface area contributed by atoms with E-state index in [0.717, 1.165) is 16.8 Å². The topological polar surface area (TPSA) is 182 Å². The van der Waals surface area contributed by atoms with Crippen molar-refractivity contribution in [2.45, 2.75) is 59.1 Å². The highest BCUT2D eigenvalue weighted by atomic mass is 31.2. The second-order valence-corrected chi connectivity index (χ2v) is 12.3. The maximum absolute atomic E-state index is 13.8. The number of carbonyl (C=O) groups is 1. The van der Waals surface area contributed by atoms with E-state index in [2.05, 4.69) is 10.1 Å². The van der Waals surface area contributed by atoms with Crippen LogP contribution < -0.4 is 20.9 Å². The molecule has 1 aromatic heterocycles. The highest BCUT2D eigenvalue weighted by molar-refractivity contribution is 7.52. The molecule has 1 fully saturated rings. The van der Waals surface area contributed by atoms with Crippen molar-refractivity contribution in [2.75, 3.05) is 13.2 Å². The number of benzene rings is 1. The molecule has 1 aliphatic rings. The minimum Gasteiger partial charge on any atom is -0.464 e. The molecular formula is C25H33N4O9P.